The van der Waals surface area contributed by atoms with Crippen LogP contribution in [0.4, 0.5) is 10.1 Å². The fourth-order valence-electron chi connectivity index (χ4n) is 1.55. The second-order valence-electron chi connectivity index (χ2n) is 3.77. The monoisotopic (exact) mass is 263 g/mol. The third-order valence-corrected chi connectivity index (χ3v) is 2.69. The van der Waals surface area contributed by atoms with Crippen LogP contribution in [0, 0.1) is 5.82 Å². The van der Waals surface area contributed by atoms with Crippen LogP contribution in [0.15, 0.2) is 48.5 Å². The van der Waals surface area contributed by atoms with E-state index in [9.17, 15) is 9.18 Å². The van der Waals surface area contributed by atoms with Crippen LogP contribution in [-0.4, -0.2) is 12.3 Å². The molecule has 0 radical (unpaired) electrons. The number of ketones is 1. The van der Waals surface area contributed by atoms with Crippen molar-refractivity contribution in [1.82, 2.24) is 0 Å². The zero-order valence-corrected chi connectivity index (χ0v) is 10.2. The summed E-state index contributed by atoms with van der Waals surface area (Å²) in [6.07, 6.45) is 0. The first kappa shape index (κ1) is 12.6. The van der Waals surface area contributed by atoms with Gasteiger partial charge in [-0.2, -0.15) is 0 Å². The predicted octanol–water partition coefficient (Wildman–Crippen LogP) is 3.77. The van der Waals surface area contributed by atoms with Gasteiger partial charge in [-0.15, -0.1) is 0 Å². The summed E-state index contributed by atoms with van der Waals surface area (Å²) in [5, 5.41) is 3.21. The predicted molar refractivity (Wildman–Crippen MR) is 70.7 cm³/mol. The van der Waals surface area contributed by atoms with E-state index in [1.165, 1.54) is 12.1 Å². The third-order valence-electron chi connectivity index (χ3n) is 2.46. The number of nitrogens with one attached hydrogen (secondary N) is 1. The van der Waals surface area contributed by atoms with E-state index < -0.39 is 5.82 Å². The summed E-state index contributed by atoms with van der Waals surface area (Å²) < 4.78 is 13.5. The van der Waals surface area contributed by atoms with Crippen molar-refractivity contribution in [1.29, 1.82) is 0 Å². The lowest BCUT2D eigenvalue weighted by molar-refractivity contribution is 0.100. The van der Waals surface area contributed by atoms with Crippen LogP contribution in [0.5, 0.6) is 0 Å². The van der Waals surface area contributed by atoms with E-state index in [1.54, 1.807) is 0 Å². The fraction of sp³-hybridized carbons (Fsp3) is 0.0714. The van der Waals surface area contributed by atoms with Crippen molar-refractivity contribution in [3.8, 4) is 0 Å². The van der Waals surface area contributed by atoms with E-state index in [1.807, 2.05) is 30.3 Å². The Morgan fingerprint density at radius 3 is 2.56 bits per heavy atom. The summed E-state index contributed by atoms with van der Waals surface area (Å²) in [7, 11) is 0. The molecule has 0 spiro atoms. The highest BCUT2D eigenvalue weighted by Crippen LogP contribution is 2.15. The summed E-state index contributed by atoms with van der Waals surface area (Å²) in [5.74, 6) is -0.907. The van der Waals surface area contributed by atoms with Crippen molar-refractivity contribution in [2.75, 3.05) is 11.9 Å². The zero-order valence-electron chi connectivity index (χ0n) is 9.49. The molecule has 0 aliphatic rings. The molecule has 2 aromatic rings. The van der Waals surface area contributed by atoms with Gasteiger partial charge in [0, 0.05) is 10.7 Å². The normalized spacial score (nSPS) is 10.1. The first-order chi connectivity index (χ1) is 8.66. The van der Waals surface area contributed by atoms with Crippen molar-refractivity contribution in [2.45, 2.75) is 0 Å². The molecule has 0 saturated heterocycles. The largest absolute Gasteiger partial charge is 0.378 e. The van der Waals surface area contributed by atoms with Gasteiger partial charge < -0.3 is 5.32 Å². The minimum atomic E-state index is -0.595. The standard InChI is InChI=1S/C14H11ClFNO/c15-10-6-7-12(13(16)8-10)14(18)9-17-11-4-2-1-3-5-11/h1-8,17H,9H2. The summed E-state index contributed by atoms with van der Waals surface area (Å²) >= 11 is 5.63. The summed E-state index contributed by atoms with van der Waals surface area (Å²) in [5.41, 5.74) is 0.864. The molecule has 0 saturated carbocycles. The lowest BCUT2D eigenvalue weighted by Gasteiger charge is -2.06. The first-order valence-electron chi connectivity index (χ1n) is 5.44. The molecular formula is C14H11ClFNO. The Hall–Kier alpha value is -1.87. The SMILES string of the molecule is O=C(CNc1ccccc1)c1ccc(Cl)cc1F. The Balaban J connectivity index is 2.04. The highest BCUT2D eigenvalue weighted by atomic mass is 35.5. The first-order valence-corrected chi connectivity index (χ1v) is 5.82. The maximum Gasteiger partial charge on any atom is 0.184 e. The molecule has 0 unspecified atom stereocenters. The number of para-hydroxylation sites is 1. The van der Waals surface area contributed by atoms with Crippen LogP contribution < -0.4 is 5.32 Å². The second-order valence-corrected chi connectivity index (χ2v) is 4.20. The molecule has 0 aliphatic heterocycles. The van der Waals surface area contributed by atoms with Crippen molar-refractivity contribution in [2.24, 2.45) is 0 Å². The molecule has 1 N–H and O–H groups in total. The van der Waals surface area contributed by atoms with Gasteiger partial charge in [-0.3, -0.25) is 4.79 Å². The number of hydrogen-bond donors (Lipinski definition) is 1. The Bertz CT molecular complexity index is 557. The molecule has 2 nitrogen and oxygen atoms in total. The number of halogens is 2. The van der Waals surface area contributed by atoms with E-state index in [2.05, 4.69) is 5.32 Å². The minimum Gasteiger partial charge on any atom is -0.378 e. The molecular weight excluding hydrogens is 253 g/mol. The summed E-state index contributed by atoms with van der Waals surface area (Å²) in [6, 6.07) is 13.3. The van der Waals surface area contributed by atoms with E-state index in [4.69, 9.17) is 11.6 Å². The molecule has 4 heteroatoms. The van der Waals surface area contributed by atoms with Gasteiger partial charge in [-0.05, 0) is 30.3 Å². The number of carbonyl (C=O) groups is 1. The topological polar surface area (TPSA) is 29.1 Å². The molecule has 0 aromatic heterocycles. The Labute approximate surface area is 109 Å². The van der Waals surface area contributed by atoms with Gasteiger partial charge in [-0.1, -0.05) is 29.8 Å². The van der Waals surface area contributed by atoms with E-state index in [0.717, 1.165) is 11.8 Å². The van der Waals surface area contributed by atoms with E-state index in [0.29, 0.717) is 0 Å². The van der Waals surface area contributed by atoms with Crippen molar-refractivity contribution in [3.05, 3.63) is 64.9 Å². The number of Topliss-reactive ketones (excluding diaryl/α,β-unsaturated/α-hetero) is 1. The van der Waals surface area contributed by atoms with Crippen LogP contribution in [0.25, 0.3) is 0 Å². The molecule has 0 amide bonds. The van der Waals surface area contributed by atoms with Gasteiger partial charge >= 0.3 is 0 Å². The smallest absolute Gasteiger partial charge is 0.184 e. The van der Waals surface area contributed by atoms with Crippen molar-refractivity contribution < 1.29 is 9.18 Å². The Morgan fingerprint density at radius 1 is 1.17 bits per heavy atom. The van der Waals surface area contributed by atoms with Crippen LogP contribution >= 0.6 is 11.6 Å². The minimum absolute atomic E-state index is 0.0442. The van der Waals surface area contributed by atoms with Crippen molar-refractivity contribution >= 4 is 23.1 Å². The van der Waals surface area contributed by atoms with Gasteiger partial charge in [0.05, 0.1) is 12.1 Å². The maximum absolute atomic E-state index is 13.5. The van der Waals surface area contributed by atoms with Gasteiger partial charge in [-0.25, -0.2) is 4.39 Å². The van der Waals surface area contributed by atoms with Gasteiger partial charge in [0.2, 0.25) is 0 Å². The Morgan fingerprint density at radius 2 is 1.89 bits per heavy atom. The van der Waals surface area contributed by atoms with Crippen molar-refractivity contribution in [3.63, 3.8) is 0 Å². The molecule has 2 rings (SSSR count). The summed E-state index contributed by atoms with van der Waals surface area (Å²) in [6.45, 7) is 0.0442. The average Bonchev–Trinajstić information content (AvgIpc) is 2.37. The van der Waals surface area contributed by atoms with Crippen LogP contribution in [0.1, 0.15) is 10.4 Å². The summed E-state index contributed by atoms with van der Waals surface area (Å²) in [4.78, 5) is 11.8. The number of benzene rings is 2. The lowest BCUT2D eigenvalue weighted by Crippen LogP contribution is -2.15. The third kappa shape index (κ3) is 3.08. The number of hydrogen-bond acceptors (Lipinski definition) is 2. The second kappa shape index (κ2) is 5.65. The quantitative estimate of drug-likeness (QED) is 0.851. The van der Waals surface area contributed by atoms with Gasteiger partial charge in [0.15, 0.2) is 5.78 Å². The number of carbonyl (C=O) groups excluding carboxylic acids is 1. The molecule has 0 aliphatic carbocycles. The molecule has 0 fully saturated rings. The lowest BCUT2D eigenvalue weighted by atomic mass is 10.1. The zero-order chi connectivity index (χ0) is 13.0. The molecule has 92 valence electrons. The highest BCUT2D eigenvalue weighted by molar-refractivity contribution is 6.30. The molecule has 0 heterocycles. The van der Waals surface area contributed by atoms with Gasteiger partial charge in [0.25, 0.3) is 0 Å². The van der Waals surface area contributed by atoms with Crippen LogP contribution in [-0.2, 0) is 0 Å². The molecule has 2 aromatic carbocycles. The Kier molecular flexibility index (Phi) is 3.95. The van der Waals surface area contributed by atoms with Crippen LogP contribution in [0.3, 0.4) is 0 Å². The maximum atomic E-state index is 13.5. The average molecular weight is 264 g/mol. The molecule has 18 heavy (non-hydrogen) atoms. The van der Waals surface area contributed by atoms with E-state index in [-0.39, 0.29) is 22.9 Å². The van der Waals surface area contributed by atoms with E-state index >= 15 is 0 Å². The van der Waals surface area contributed by atoms with Crippen LogP contribution in [0.2, 0.25) is 5.02 Å². The molecule has 0 atom stereocenters. The fourth-order valence-corrected chi connectivity index (χ4v) is 1.71. The number of anilines is 1. The van der Waals surface area contributed by atoms with Gasteiger partial charge in [0.1, 0.15) is 5.82 Å². The molecule has 0 bridgehead atoms. The number of rotatable bonds is 4. The highest BCUT2D eigenvalue weighted by Gasteiger charge is 2.11.